The number of aliphatic carboxylic acids is 1. The van der Waals surface area contributed by atoms with E-state index in [-0.39, 0.29) is 5.92 Å². The first-order valence-electron chi connectivity index (χ1n) is 6.12. The van der Waals surface area contributed by atoms with E-state index >= 15 is 0 Å². The largest absolute Gasteiger partial charge is 0.481 e. The van der Waals surface area contributed by atoms with Crippen LogP contribution < -0.4 is 0 Å². The van der Waals surface area contributed by atoms with Crippen LogP contribution in [0.5, 0.6) is 0 Å². The van der Waals surface area contributed by atoms with Gasteiger partial charge < -0.3 is 5.11 Å². The maximum atomic E-state index is 11.3. The minimum absolute atomic E-state index is 0.221. The van der Waals surface area contributed by atoms with Crippen LogP contribution in [-0.2, 0) is 4.79 Å². The molecule has 16 heavy (non-hydrogen) atoms. The highest BCUT2D eigenvalue weighted by atomic mass is 16.4. The second-order valence-corrected chi connectivity index (χ2v) is 5.21. The van der Waals surface area contributed by atoms with Crippen molar-refractivity contribution in [2.75, 3.05) is 0 Å². The fourth-order valence-corrected chi connectivity index (χ4v) is 3.26. The third-order valence-corrected chi connectivity index (χ3v) is 4.35. The van der Waals surface area contributed by atoms with Crippen LogP contribution in [0.25, 0.3) is 0 Å². The molecule has 2 aliphatic rings. The lowest BCUT2D eigenvalue weighted by Gasteiger charge is -2.36. The summed E-state index contributed by atoms with van der Waals surface area (Å²) in [5.74, 6) is -0.355. The normalized spacial score (nSPS) is 30.4. The van der Waals surface area contributed by atoms with Gasteiger partial charge in [0.25, 0.3) is 0 Å². The summed E-state index contributed by atoms with van der Waals surface area (Å²) in [6.07, 6.45) is 4.12. The summed E-state index contributed by atoms with van der Waals surface area (Å²) in [5.41, 5.74) is 5.24. The number of allylic oxidation sites excluding steroid dienone is 3. The molecular weight excluding hydrogens is 200 g/mol. The Labute approximate surface area is 97.0 Å². The molecule has 0 amide bonds. The van der Waals surface area contributed by atoms with Crippen LogP contribution in [0, 0.1) is 11.8 Å². The first-order chi connectivity index (χ1) is 7.52. The average Bonchev–Trinajstić information content (AvgIpc) is 2.25. The zero-order valence-electron chi connectivity index (χ0n) is 10.3. The van der Waals surface area contributed by atoms with Gasteiger partial charge in [-0.1, -0.05) is 12.0 Å². The van der Waals surface area contributed by atoms with E-state index in [0.717, 1.165) is 19.3 Å². The summed E-state index contributed by atoms with van der Waals surface area (Å²) in [6.45, 7) is 6.41. The molecule has 2 aliphatic carbocycles. The van der Waals surface area contributed by atoms with Gasteiger partial charge in [-0.2, -0.15) is 0 Å². The summed E-state index contributed by atoms with van der Waals surface area (Å²) in [4.78, 5) is 11.3. The molecule has 0 aromatic carbocycles. The van der Waals surface area contributed by atoms with Gasteiger partial charge in [-0.3, -0.25) is 4.79 Å². The molecule has 1 fully saturated rings. The molecule has 88 valence electrons. The number of rotatable bonds is 1. The summed E-state index contributed by atoms with van der Waals surface area (Å²) < 4.78 is 0. The Hall–Kier alpha value is -1.05. The van der Waals surface area contributed by atoms with Gasteiger partial charge in [-0.25, -0.2) is 0 Å². The van der Waals surface area contributed by atoms with E-state index in [1.807, 2.05) is 0 Å². The minimum atomic E-state index is -0.633. The van der Waals surface area contributed by atoms with E-state index in [9.17, 15) is 9.90 Å². The second kappa shape index (κ2) is 4.08. The van der Waals surface area contributed by atoms with Gasteiger partial charge in [0.05, 0.1) is 5.92 Å². The van der Waals surface area contributed by atoms with Crippen LogP contribution in [0.4, 0.5) is 0 Å². The van der Waals surface area contributed by atoms with Crippen LogP contribution in [0.15, 0.2) is 22.3 Å². The highest BCUT2D eigenvalue weighted by molar-refractivity contribution is 5.75. The molecule has 0 aliphatic heterocycles. The van der Waals surface area contributed by atoms with E-state index in [1.54, 1.807) is 0 Å². The molecule has 2 atom stereocenters. The molecule has 2 heteroatoms. The number of carboxylic acid groups (broad SMARTS) is 1. The predicted molar refractivity (Wildman–Crippen MR) is 64.2 cm³/mol. The van der Waals surface area contributed by atoms with E-state index in [4.69, 9.17) is 0 Å². The van der Waals surface area contributed by atoms with E-state index < -0.39 is 5.97 Å². The SMILES string of the molecule is CC1=C(C)C(C)=C2C(CCCC2C(=O)O)C1. The molecule has 0 radical (unpaired) electrons. The van der Waals surface area contributed by atoms with Crippen LogP contribution in [0.3, 0.4) is 0 Å². The highest BCUT2D eigenvalue weighted by Gasteiger charge is 2.35. The number of hydrogen-bond donors (Lipinski definition) is 1. The van der Waals surface area contributed by atoms with Crippen molar-refractivity contribution in [3.05, 3.63) is 22.3 Å². The van der Waals surface area contributed by atoms with Crippen LogP contribution in [-0.4, -0.2) is 11.1 Å². The Kier molecular flexibility index (Phi) is 2.92. The van der Waals surface area contributed by atoms with Crippen molar-refractivity contribution < 1.29 is 9.90 Å². The molecule has 0 aromatic rings. The fourth-order valence-electron chi connectivity index (χ4n) is 3.26. The van der Waals surface area contributed by atoms with E-state index in [1.165, 1.54) is 28.7 Å². The Morgan fingerprint density at radius 2 is 1.88 bits per heavy atom. The topological polar surface area (TPSA) is 37.3 Å². The lowest BCUT2D eigenvalue weighted by molar-refractivity contribution is -0.141. The van der Waals surface area contributed by atoms with Gasteiger partial charge in [0.1, 0.15) is 0 Å². The van der Waals surface area contributed by atoms with Crippen molar-refractivity contribution in [1.82, 2.24) is 0 Å². The van der Waals surface area contributed by atoms with Gasteiger partial charge in [0.15, 0.2) is 0 Å². The zero-order valence-corrected chi connectivity index (χ0v) is 10.3. The van der Waals surface area contributed by atoms with Gasteiger partial charge in [0.2, 0.25) is 0 Å². The maximum Gasteiger partial charge on any atom is 0.310 e. The Morgan fingerprint density at radius 3 is 2.50 bits per heavy atom. The number of hydrogen-bond acceptors (Lipinski definition) is 1. The zero-order chi connectivity index (χ0) is 11.9. The molecule has 0 heterocycles. The van der Waals surface area contributed by atoms with Crippen molar-refractivity contribution in [1.29, 1.82) is 0 Å². The quantitative estimate of drug-likeness (QED) is 0.733. The molecule has 2 unspecified atom stereocenters. The number of carbonyl (C=O) groups is 1. The fraction of sp³-hybridized carbons (Fsp3) is 0.643. The molecule has 0 bridgehead atoms. The molecule has 0 saturated heterocycles. The van der Waals surface area contributed by atoms with Crippen molar-refractivity contribution in [2.45, 2.75) is 46.5 Å². The van der Waals surface area contributed by atoms with Crippen molar-refractivity contribution in [2.24, 2.45) is 11.8 Å². The standard InChI is InChI=1S/C14H20O2/c1-8-7-11-5-4-6-12(14(15)16)13(11)10(3)9(8)2/h11-12H,4-7H2,1-3H3,(H,15,16). The molecule has 0 aromatic heterocycles. The number of fused-ring (bicyclic) bond motifs is 1. The third kappa shape index (κ3) is 1.70. The van der Waals surface area contributed by atoms with Gasteiger partial charge in [-0.15, -0.1) is 0 Å². The third-order valence-electron chi connectivity index (χ3n) is 4.35. The number of carboxylic acids is 1. The van der Waals surface area contributed by atoms with Crippen molar-refractivity contribution in [3.63, 3.8) is 0 Å². The first kappa shape index (κ1) is 11.4. The van der Waals surface area contributed by atoms with Crippen LogP contribution in [0.2, 0.25) is 0 Å². The maximum absolute atomic E-state index is 11.3. The summed E-state index contributed by atoms with van der Waals surface area (Å²) in [5, 5.41) is 9.30. The molecule has 1 N–H and O–H groups in total. The Balaban J connectivity index is 2.46. The van der Waals surface area contributed by atoms with Gasteiger partial charge in [-0.05, 0) is 62.7 Å². The van der Waals surface area contributed by atoms with E-state index in [2.05, 4.69) is 20.8 Å². The van der Waals surface area contributed by atoms with E-state index in [0.29, 0.717) is 5.92 Å². The molecule has 2 rings (SSSR count). The lowest BCUT2D eigenvalue weighted by atomic mass is 9.68. The van der Waals surface area contributed by atoms with Gasteiger partial charge in [0, 0.05) is 0 Å². The van der Waals surface area contributed by atoms with Crippen LogP contribution in [0.1, 0.15) is 46.5 Å². The molecule has 1 saturated carbocycles. The Bertz CT molecular complexity index is 388. The highest BCUT2D eigenvalue weighted by Crippen LogP contribution is 2.45. The predicted octanol–water partition coefficient (Wildman–Crippen LogP) is 3.54. The summed E-state index contributed by atoms with van der Waals surface area (Å²) in [6, 6.07) is 0. The Morgan fingerprint density at radius 1 is 1.19 bits per heavy atom. The molecular formula is C14H20O2. The summed E-state index contributed by atoms with van der Waals surface area (Å²) in [7, 11) is 0. The van der Waals surface area contributed by atoms with Gasteiger partial charge >= 0.3 is 5.97 Å². The monoisotopic (exact) mass is 220 g/mol. The molecule has 2 nitrogen and oxygen atoms in total. The van der Waals surface area contributed by atoms with Crippen LogP contribution >= 0.6 is 0 Å². The summed E-state index contributed by atoms with van der Waals surface area (Å²) >= 11 is 0. The first-order valence-corrected chi connectivity index (χ1v) is 6.12. The average molecular weight is 220 g/mol. The second-order valence-electron chi connectivity index (χ2n) is 5.21. The minimum Gasteiger partial charge on any atom is -0.481 e. The molecule has 0 spiro atoms. The smallest absolute Gasteiger partial charge is 0.310 e. The van der Waals surface area contributed by atoms with Crippen molar-refractivity contribution in [3.8, 4) is 0 Å². The van der Waals surface area contributed by atoms with Crippen molar-refractivity contribution >= 4 is 5.97 Å². The lowest BCUT2D eigenvalue weighted by Crippen LogP contribution is -2.29.